The van der Waals surface area contributed by atoms with E-state index in [0.29, 0.717) is 11.8 Å². The lowest BCUT2D eigenvalue weighted by molar-refractivity contribution is -0.0512. The van der Waals surface area contributed by atoms with Crippen molar-refractivity contribution in [3.63, 3.8) is 0 Å². The fourth-order valence-electron chi connectivity index (χ4n) is 4.08. The Balaban J connectivity index is 2.00. The van der Waals surface area contributed by atoms with Gasteiger partial charge in [0.1, 0.15) is 0 Å². The van der Waals surface area contributed by atoms with E-state index in [4.69, 9.17) is 4.74 Å². The number of allylic oxidation sites excluding steroid dienone is 1. The molecule has 1 fully saturated rings. The maximum absolute atomic E-state index is 12.5. The van der Waals surface area contributed by atoms with Gasteiger partial charge in [0, 0.05) is 11.5 Å². The number of ether oxygens (including phenoxy) is 2. The Kier molecular flexibility index (Phi) is 4.32. The van der Waals surface area contributed by atoms with Crippen molar-refractivity contribution in [1.82, 2.24) is 4.90 Å². The summed E-state index contributed by atoms with van der Waals surface area (Å²) in [6.45, 7) is 0.373. The van der Waals surface area contributed by atoms with Gasteiger partial charge in [0.15, 0.2) is 11.5 Å². The van der Waals surface area contributed by atoms with E-state index in [0.717, 1.165) is 31.4 Å². The zero-order valence-electron chi connectivity index (χ0n) is 13.8. The van der Waals surface area contributed by atoms with Gasteiger partial charge in [-0.2, -0.15) is 8.78 Å². The number of hydrogen-bond acceptors (Lipinski definition) is 3. The molecule has 2 atom stereocenters. The van der Waals surface area contributed by atoms with Crippen molar-refractivity contribution in [3.05, 3.63) is 35.4 Å². The number of rotatable bonds is 4. The summed E-state index contributed by atoms with van der Waals surface area (Å²) in [4.78, 5) is 2.41. The maximum Gasteiger partial charge on any atom is 0.387 e. The number of alkyl halides is 2. The monoisotopic (exact) mass is 323 g/mol. The average Bonchev–Trinajstić information content (AvgIpc) is 2.85. The molecule has 1 aliphatic heterocycles. The van der Waals surface area contributed by atoms with Gasteiger partial charge in [-0.1, -0.05) is 17.7 Å². The van der Waals surface area contributed by atoms with Crippen LogP contribution in [-0.2, 0) is 5.41 Å². The van der Waals surface area contributed by atoms with Crippen LogP contribution in [0.3, 0.4) is 0 Å². The molecule has 23 heavy (non-hydrogen) atoms. The summed E-state index contributed by atoms with van der Waals surface area (Å²) in [7, 11) is 3.65. The number of nitrogens with zero attached hydrogens (tertiary/aromatic N) is 1. The second-order valence-corrected chi connectivity index (χ2v) is 6.61. The van der Waals surface area contributed by atoms with Gasteiger partial charge in [0.25, 0.3) is 0 Å². The molecule has 1 aliphatic carbocycles. The Hall–Kier alpha value is -1.62. The predicted octanol–water partition coefficient (Wildman–Crippen LogP) is 3.98. The number of likely N-dealkylation sites (N-methyl/N-ethyl adjacent to an activating group) is 1. The summed E-state index contributed by atoms with van der Waals surface area (Å²) in [6.07, 6.45) is 5.40. The fraction of sp³-hybridized carbons (Fsp3) is 0.556. The van der Waals surface area contributed by atoms with Crippen molar-refractivity contribution < 1.29 is 18.3 Å². The second-order valence-electron chi connectivity index (χ2n) is 6.61. The number of methoxy groups -OCH3 is 1. The third-order valence-electron chi connectivity index (χ3n) is 5.37. The highest BCUT2D eigenvalue weighted by Gasteiger charge is 2.48. The van der Waals surface area contributed by atoms with Crippen LogP contribution in [0.1, 0.15) is 31.7 Å². The maximum atomic E-state index is 12.5. The SMILES string of the molecule is COc1cc([C@@]23CC=C(C)C[C@@H]2N(C)CC3)ccc1OC(F)F. The number of hydrogen-bond donors (Lipinski definition) is 0. The largest absolute Gasteiger partial charge is 0.493 e. The molecule has 1 aromatic carbocycles. The molecule has 3 rings (SSSR count). The van der Waals surface area contributed by atoms with E-state index in [-0.39, 0.29) is 11.2 Å². The van der Waals surface area contributed by atoms with Crippen LogP contribution in [0.5, 0.6) is 11.5 Å². The molecule has 0 radical (unpaired) electrons. The highest BCUT2D eigenvalue weighted by Crippen LogP contribution is 2.49. The molecule has 0 saturated carbocycles. The topological polar surface area (TPSA) is 21.7 Å². The van der Waals surface area contributed by atoms with Crippen molar-refractivity contribution in [1.29, 1.82) is 0 Å². The first-order chi connectivity index (χ1) is 11.0. The van der Waals surface area contributed by atoms with Crippen LogP contribution in [0.2, 0.25) is 0 Å². The van der Waals surface area contributed by atoms with Crippen LogP contribution < -0.4 is 9.47 Å². The third-order valence-corrected chi connectivity index (χ3v) is 5.37. The normalized spacial score (nSPS) is 27.7. The van der Waals surface area contributed by atoms with Gasteiger partial charge in [-0.05, 0) is 57.5 Å². The van der Waals surface area contributed by atoms with Crippen molar-refractivity contribution in [2.75, 3.05) is 20.7 Å². The van der Waals surface area contributed by atoms with Crippen molar-refractivity contribution in [3.8, 4) is 11.5 Å². The number of likely N-dealkylation sites (tertiary alicyclic amines) is 1. The van der Waals surface area contributed by atoms with Gasteiger partial charge in [0.05, 0.1) is 7.11 Å². The summed E-state index contributed by atoms with van der Waals surface area (Å²) in [5.41, 5.74) is 2.60. The molecule has 0 aromatic heterocycles. The number of fused-ring (bicyclic) bond motifs is 1. The Morgan fingerprint density at radius 3 is 2.78 bits per heavy atom. The van der Waals surface area contributed by atoms with E-state index in [9.17, 15) is 8.78 Å². The van der Waals surface area contributed by atoms with Crippen molar-refractivity contribution in [2.45, 2.75) is 44.3 Å². The molecule has 2 aliphatic rings. The molecule has 0 bridgehead atoms. The lowest BCUT2D eigenvalue weighted by Crippen LogP contribution is -2.43. The van der Waals surface area contributed by atoms with Gasteiger partial charge in [-0.3, -0.25) is 0 Å². The zero-order valence-corrected chi connectivity index (χ0v) is 13.8. The van der Waals surface area contributed by atoms with Gasteiger partial charge in [-0.25, -0.2) is 0 Å². The minimum atomic E-state index is -2.85. The second kappa shape index (κ2) is 6.11. The smallest absolute Gasteiger partial charge is 0.387 e. The van der Waals surface area contributed by atoms with E-state index in [2.05, 4.69) is 29.7 Å². The predicted molar refractivity (Wildman–Crippen MR) is 85.3 cm³/mol. The Bertz CT molecular complexity index is 617. The Morgan fingerprint density at radius 1 is 1.30 bits per heavy atom. The summed E-state index contributed by atoms with van der Waals surface area (Å²) in [6, 6.07) is 5.84. The lowest BCUT2D eigenvalue weighted by atomic mass is 9.67. The van der Waals surface area contributed by atoms with Crippen LogP contribution in [0.4, 0.5) is 8.78 Å². The van der Waals surface area contributed by atoms with Crippen LogP contribution in [0.25, 0.3) is 0 Å². The number of halogens is 2. The van der Waals surface area contributed by atoms with Crippen LogP contribution in [0, 0.1) is 0 Å². The zero-order chi connectivity index (χ0) is 16.6. The molecule has 1 saturated heterocycles. The van der Waals surface area contributed by atoms with E-state index in [1.807, 2.05) is 12.1 Å². The minimum absolute atomic E-state index is 0.0326. The molecule has 0 N–H and O–H groups in total. The summed E-state index contributed by atoms with van der Waals surface area (Å²) in [5.74, 6) is 0.463. The molecule has 3 nitrogen and oxygen atoms in total. The Morgan fingerprint density at radius 2 is 2.09 bits per heavy atom. The van der Waals surface area contributed by atoms with Gasteiger partial charge in [0.2, 0.25) is 0 Å². The molecular formula is C18H23F2NO2. The van der Waals surface area contributed by atoms with Crippen LogP contribution in [0.15, 0.2) is 29.8 Å². The molecule has 0 spiro atoms. The molecule has 1 heterocycles. The van der Waals surface area contributed by atoms with Crippen molar-refractivity contribution in [2.24, 2.45) is 0 Å². The Labute approximate surface area is 135 Å². The first kappa shape index (κ1) is 16.2. The van der Waals surface area contributed by atoms with Gasteiger partial charge < -0.3 is 14.4 Å². The first-order valence-electron chi connectivity index (χ1n) is 7.95. The average molecular weight is 323 g/mol. The molecule has 126 valence electrons. The fourth-order valence-corrected chi connectivity index (χ4v) is 4.08. The summed E-state index contributed by atoms with van der Waals surface area (Å²) < 4.78 is 34.8. The van der Waals surface area contributed by atoms with Gasteiger partial charge >= 0.3 is 6.61 Å². The van der Waals surface area contributed by atoms with E-state index < -0.39 is 6.61 Å². The highest BCUT2D eigenvalue weighted by atomic mass is 19.3. The van der Waals surface area contributed by atoms with Gasteiger partial charge in [-0.15, -0.1) is 0 Å². The van der Waals surface area contributed by atoms with E-state index >= 15 is 0 Å². The van der Waals surface area contributed by atoms with E-state index in [1.54, 1.807) is 6.07 Å². The van der Waals surface area contributed by atoms with E-state index in [1.165, 1.54) is 12.7 Å². The molecule has 1 aromatic rings. The standard InChI is InChI=1S/C18H23F2NO2/c1-12-6-7-18(8-9-21(2)16(18)10-12)13-4-5-14(23-17(19)20)15(11-13)22-3/h4-6,11,16-17H,7-10H2,1-3H3/t16-,18-/m0/s1. The molecule has 0 amide bonds. The minimum Gasteiger partial charge on any atom is -0.493 e. The summed E-state index contributed by atoms with van der Waals surface area (Å²) >= 11 is 0. The highest BCUT2D eigenvalue weighted by molar-refractivity contribution is 5.47. The van der Waals surface area contributed by atoms with Crippen LogP contribution >= 0.6 is 0 Å². The number of benzene rings is 1. The first-order valence-corrected chi connectivity index (χ1v) is 7.95. The van der Waals surface area contributed by atoms with Crippen molar-refractivity contribution >= 4 is 0 Å². The third kappa shape index (κ3) is 2.82. The summed E-state index contributed by atoms with van der Waals surface area (Å²) in [5, 5.41) is 0. The molecule has 0 unspecified atom stereocenters. The van der Waals surface area contributed by atoms with Crippen LogP contribution in [-0.4, -0.2) is 38.3 Å². The molecule has 5 heteroatoms. The lowest BCUT2D eigenvalue weighted by Gasteiger charge is -2.41. The quantitative estimate of drug-likeness (QED) is 0.782. The molecular weight excluding hydrogens is 300 g/mol.